The van der Waals surface area contributed by atoms with Gasteiger partial charge in [-0.2, -0.15) is 0 Å². The number of thiophene rings is 2. The van der Waals surface area contributed by atoms with Crippen LogP contribution in [0.25, 0.3) is 20.0 Å². The van der Waals surface area contributed by atoms with Gasteiger partial charge < -0.3 is 9.30 Å². The fourth-order valence-corrected chi connectivity index (χ4v) is 3.90. The SMILES string of the molecule is COC(=O)c1cc2sc(-c3cccs3)cc2n1C. The van der Waals surface area contributed by atoms with Crippen LogP contribution in [0.2, 0.25) is 0 Å². The highest BCUT2D eigenvalue weighted by Gasteiger charge is 2.16. The van der Waals surface area contributed by atoms with Crippen molar-refractivity contribution in [2.24, 2.45) is 7.05 Å². The van der Waals surface area contributed by atoms with Crippen molar-refractivity contribution >= 4 is 38.9 Å². The van der Waals surface area contributed by atoms with Crippen LogP contribution in [0.5, 0.6) is 0 Å². The number of carbonyl (C=O) groups is 1. The van der Waals surface area contributed by atoms with Gasteiger partial charge in [-0.15, -0.1) is 22.7 Å². The van der Waals surface area contributed by atoms with Crippen LogP contribution in [0.15, 0.2) is 29.6 Å². The minimum absolute atomic E-state index is 0.293. The van der Waals surface area contributed by atoms with Crippen molar-refractivity contribution in [3.63, 3.8) is 0 Å². The van der Waals surface area contributed by atoms with Crippen LogP contribution in [0.3, 0.4) is 0 Å². The topological polar surface area (TPSA) is 31.2 Å². The summed E-state index contributed by atoms with van der Waals surface area (Å²) in [5, 5.41) is 2.07. The van der Waals surface area contributed by atoms with Crippen molar-refractivity contribution in [1.29, 1.82) is 0 Å². The lowest BCUT2D eigenvalue weighted by molar-refractivity contribution is 0.0590. The standard InChI is InChI=1S/C13H11NO2S2/c1-14-8-6-12(10-4-3-5-17-10)18-11(8)7-9(14)13(15)16-2/h3-7H,1-2H3. The van der Waals surface area contributed by atoms with Crippen LogP contribution in [-0.2, 0) is 11.8 Å². The molecular weight excluding hydrogens is 266 g/mol. The molecule has 0 bridgehead atoms. The molecule has 5 heteroatoms. The molecule has 3 aromatic heterocycles. The number of esters is 1. The summed E-state index contributed by atoms with van der Waals surface area (Å²) in [6.45, 7) is 0. The van der Waals surface area contributed by atoms with Gasteiger partial charge in [0.25, 0.3) is 0 Å². The van der Waals surface area contributed by atoms with E-state index in [4.69, 9.17) is 4.74 Å². The third kappa shape index (κ3) is 1.67. The molecular formula is C13H11NO2S2. The van der Waals surface area contributed by atoms with Crippen molar-refractivity contribution in [2.75, 3.05) is 7.11 Å². The summed E-state index contributed by atoms with van der Waals surface area (Å²) in [6.07, 6.45) is 0. The molecule has 0 atom stereocenters. The van der Waals surface area contributed by atoms with Crippen molar-refractivity contribution in [3.05, 3.63) is 35.3 Å². The number of aromatic nitrogens is 1. The maximum absolute atomic E-state index is 11.6. The number of carbonyl (C=O) groups excluding carboxylic acids is 1. The summed E-state index contributed by atoms with van der Waals surface area (Å²) in [4.78, 5) is 14.1. The molecule has 18 heavy (non-hydrogen) atoms. The van der Waals surface area contributed by atoms with Crippen LogP contribution in [-0.4, -0.2) is 17.6 Å². The first-order chi connectivity index (χ1) is 8.70. The molecule has 0 aliphatic carbocycles. The van der Waals surface area contributed by atoms with E-state index >= 15 is 0 Å². The number of rotatable bonds is 2. The highest BCUT2D eigenvalue weighted by atomic mass is 32.1. The second kappa shape index (κ2) is 4.26. The Morgan fingerprint density at radius 2 is 2.17 bits per heavy atom. The molecule has 0 N–H and O–H groups in total. The van der Waals surface area contributed by atoms with E-state index < -0.39 is 0 Å². The number of fused-ring (bicyclic) bond motifs is 1. The number of hydrogen-bond acceptors (Lipinski definition) is 4. The Kier molecular flexibility index (Phi) is 2.72. The average Bonchev–Trinajstić information content (AvgIpc) is 3.05. The van der Waals surface area contributed by atoms with E-state index in [0.717, 1.165) is 10.2 Å². The minimum Gasteiger partial charge on any atom is -0.464 e. The van der Waals surface area contributed by atoms with E-state index in [1.54, 1.807) is 22.7 Å². The van der Waals surface area contributed by atoms with Crippen LogP contribution in [0.1, 0.15) is 10.5 Å². The second-order valence-corrected chi connectivity index (χ2v) is 5.95. The summed E-state index contributed by atoms with van der Waals surface area (Å²) in [5.41, 5.74) is 1.67. The lowest BCUT2D eigenvalue weighted by atomic mass is 10.3. The maximum Gasteiger partial charge on any atom is 0.354 e. The second-order valence-electron chi connectivity index (χ2n) is 3.92. The Bertz CT molecular complexity index is 707. The fraction of sp³-hybridized carbons (Fsp3) is 0.154. The van der Waals surface area contributed by atoms with Gasteiger partial charge >= 0.3 is 5.97 Å². The van der Waals surface area contributed by atoms with Gasteiger partial charge in [0.1, 0.15) is 5.69 Å². The summed E-state index contributed by atoms with van der Waals surface area (Å²) in [6, 6.07) is 8.17. The third-order valence-corrected chi connectivity index (χ3v) is 5.03. The number of hydrogen-bond donors (Lipinski definition) is 0. The summed E-state index contributed by atoms with van der Waals surface area (Å²) in [7, 11) is 3.29. The molecule has 3 heterocycles. The molecule has 0 spiro atoms. The first-order valence-electron chi connectivity index (χ1n) is 5.42. The van der Waals surface area contributed by atoms with Crippen molar-refractivity contribution in [2.45, 2.75) is 0 Å². The zero-order valence-corrected chi connectivity index (χ0v) is 11.6. The third-order valence-electron chi connectivity index (χ3n) is 2.89. The summed E-state index contributed by atoms with van der Waals surface area (Å²) in [5.74, 6) is -0.293. The molecule has 92 valence electrons. The average molecular weight is 277 g/mol. The molecule has 0 amide bonds. The van der Waals surface area contributed by atoms with Crippen molar-refractivity contribution < 1.29 is 9.53 Å². The predicted octanol–water partition coefficient (Wildman–Crippen LogP) is 3.75. The van der Waals surface area contributed by atoms with Crippen molar-refractivity contribution in [3.8, 4) is 9.75 Å². The number of methoxy groups -OCH3 is 1. The van der Waals surface area contributed by atoms with E-state index in [0.29, 0.717) is 5.69 Å². The van der Waals surface area contributed by atoms with Crippen LogP contribution in [0, 0.1) is 0 Å². The highest BCUT2D eigenvalue weighted by Crippen LogP contribution is 2.37. The normalized spacial score (nSPS) is 11.0. The zero-order valence-electron chi connectivity index (χ0n) is 9.97. The Morgan fingerprint density at radius 1 is 1.33 bits per heavy atom. The van der Waals surface area contributed by atoms with Gasteiger partial charge in [-0.25, -0.2) is 4.79 Å². The number of ether oxygens (including phenoxy) is 1. The van der Waals surface area contributed by atoms with Crippen LogP contribution in [0.4, 0.5) is 0 Å². The van der Waals surface area contributed by atoms with Gasteiger partial charge in [-0.3, -0.25) is 0 Å². The molecule has 0 unspecified atom stereocenters. The molecule has 0 saturated heterocycles. The van der Waals surface area contributed by atoms with Crippen LogP contribution >= 0.6 is 22.7 Å². The Labute approximate surface area is 112 Å². The Balaban J connectivity index is 2.13. The number of aryl methyl sites for hydroxylation is 1. The molecule has 0 aliphatic rings. The van der Waals surface area contributed by atoms with Crippen LogP contribution < -0.4 is 0 Å². The van der Waals surface area contributed by atoms with E-state index in [-0.39, 0.29) is 5.97 Å². The zero-order chi connectivity index (χ0) is 12.7. The Morgan fingerprint density at radius 3 is 2.78 bits per heavy atom. The van der Waals surface area contributed by atoms with E-state index in [9.17, 15) is 4.79 Å². The molecule has 0 aromatic carbocycles. The molecule has 0 saturated carbocycles. The summed E-state index contributed by atoms with van der Waals surface area (Å²) < 4.78 is 7.76. The van der Waals surface area contributed by atoms with Gasteiger partial charge in [-0.1, -0.05) is 6.07 Å². The predicted molar refractivity (Wildman–Crippen MR) is 75.4 cm³/mol. The first-order valence-corrected chi connectivity index (χ1v) is 7.12. The summed E-state index contributed by atoms with van der Waals surface area (Å²) >= 11 is 3.42. The van der Waals surface area contributed by atoms with E-state index in [1.807, 2.05) is 23.7 Å². The van der Waals surface area contributed by atoms with Gasteiger partial charge in [0.15, 0.2) is 0 Å². The lowest BCUT2D eigenvalue weighted by Crippen LogP contribution is -2.06. The van der Waals surface area contributed by atoms with Crippen molar-refractivity contribution in [1.82, 2.24) is 4.57 Å². The van der Waals surface area contributed by atoms with Gasteiger partial charge in [0.2, 0.25) is 0 Å². The minimum atomic E-state index is -0.293. The first kappa shape index (κ1) is 11.5. The quantitative estimate of drug-likeness (QED) is 0.668. The molecule has 3 aromatic rings. The monoisotopic (exact) mass is 277 g/mol. The fourth-order valence-electron chi connectivity index (χ4n) is 1.95. The smallest absolute Gasteiger partial charge is 0.354 e. The molecule has 0 aliphatic heterocycles. The Hall–Kier alpha value is -1.59. The van der Waals surface area contributed by atoms with Gasteiger partial charge in [0, 0.05) is 16.8 Å². The van der Waals surface area contributed by atoms with E-state index in [2.05, 4.69) is 17.5 Å². The molecule has 0 fully saturated rings. The maximum atomic E-state index is 11.6. The molecule has 3 nitrogen and oxygen atoms in total. The molecule has 3 rings (SSSR count). The van der Waals surface area contributed by atoms with Gasteiger partial charge in [0.05, 0.1) is 17.3 Å². The lowest BCUT2D eigenvalue weighted by Gasteiger charge is -2.00. The molecule has 0 radical (unpaired) electrons. The number of nitrogens with zero attached hydrogens (tertiary/aromatic N) is 1. The van der Waals surface area contributed by atoms with Gasteiger partial charge in [-0.05, 0) is 23.6 Å². The largest absolute Gasteiger partial charge is 0.464 e. The van der Waals surface area contributed by atoms with E-state index in [1.165, 1.54) is 16.9 Å². The highest BCUT2D eigenvalue weighted by molar-refractivity contribution is 7.25.